The number of nitrogens with zero attached hydrogens (tertiary/aromatic N) is 2. The fourth-order valence-corrected chi connectivity index (χ4v) is 3.18. The number of rotatable bonds is 3. The van der Waals surface area contributed by atoms with Crippen LogP contribution in [0.25, 0.3) is 0 Å². The lowest BCUT2D eigenvalue weighted by Crippen LogP contribution is -2.62. The number of carbonyl (C=O) groups excluding carboxylic acids is 3. The summed E-state index contributed by atoms with van der Waals surface area (Å²) in [5, 5.41) is 2.55. The van der Waals surface area contributed by atoms with Gasteiger partial charge >= 0.3 is 6.03 Å². The van der Waals surface area contributed by atoms with Crippen molar-refractivity contribution in [2.24, 2.45) is 0 Å². The summed E-state index contributed by atoms with van der Waals surface area (Å²) in [6.07, 6.45) is 0. The van der Waals surface area contributed by atoms with Gasteiger partial charge in [-0.1, -0.05) is 17.8 Å². The fourth-order valence-electron chi connectivity index (χ4n) is 2.40. The molecule has 2 aliphatic rings. The van der Waals surface area contributed by atoms with Crippen LogP contribution in [0.15, 0.2) is 24.3 Å². The van der Waals surface area contributed by atoms with Gasteiger partial charge in [-0.2, -0.15) is 0 Å². The van der Waals surface area contributed by atoms with E-state index in [2.05, 4.69) is 5.32 Å². The van der Waals surface area contributed by atoms with Crippen LogP contribution in [-0.4, -0.2) is 59.0 Å². The Balaban J connectivity index is 1.55. The third kappa shape index (κ3) is 2.74. The van der Waals surface area contributed by atoms with E-state index >= 15 is 0 Å². The summed E-state index contributed by atoms with van der Waals surface area (Å²) in [7, 11) is 1.56. The average Bonchev–Trinajstić information content (AvgIpc) is 2.78. The zero-order valence-electron chi connectivity index (χ0n) is 11.9. The highest BCUT2D eigenvalue weighted by Gasteiger charge is 2.43. The molecule has 1 aromatic rings. The number of anilines is 1. The topological polar surface area (TPSA) is 79.0 Å². The van der Waals surface area contributed by atoms with Gasteiger partial charge in [-0.15, -0.1) is 0 Å². The van der Waals surface area contributed by atoms with Crippen LogP contribution >= 0.6 is 11.8 Å². The molecule has 2 heterocycles. The van der Waals surface area contributed by atoms with Crippen LogP contribution in [0, 0.1) is 0 Å². The van der Waals surface area contributed by atoms with Crippen LogP contribution < -0.4 is 10.1 Å². The van der Waals surface area contributed by atoms with Crippen molar-refractivity contribution in [1.29, 1.82) is 0 Å². The van der Waals surface area contributed by atoms with E-state index in [1.165, 1.54) is 4.90 Å². The number of likely N-dealkylation sites (tertiary alicyclic amines) is 1. The van der Waals surface area contributed by atoms with Crippen LogP contribution in [0.4, 0.5) is 15.3 Å². The number of amides is 4. The molecule has 116 valence electrons. The van der Waals surface area contributed by atoms with Gasteiger partial charge in [-0.05, 0) is 12.1 Å². The van der Waals surface area contributed by atoms with Gasteiger partial charge in [0.25, 0.3) is 5.24 Å². The molecule has 0 unspecified atom stereocenters. The lowest BCUT2D eigenvalue weighted by molar-refractivity contribution is -0.128. The number of hydrogen-bond acceptors (Lipinski definition) is 5. The largest absolute Gasteiger partial charge is 0.497 e. The minimum Gasteiger partial charge on any atom is -0.497 e. The molecule has 0 aromatic heterocycles. The number of urea groups is 1. The van der Waals surface area contributed by atoms with Crippen molar-refractivity contribution >= 4 is 34.6 Å². The Morgan fingerprint density at radius 1 is 1.36 bits per heavy atom. The first-order valence-corrected chi connectivity index (χ1v) is 7.76. The minimum absolute atomic E-state index is 0.173. The Kier molecular flexibility index (Phi) is 3.93. The van der Waals surface area contributed by atoms with Crippen molar-refractivity contribution in [3.63, 3.8) is 0 Å². The number of hydrogen-bond donors (Lipinski definition) is 1. The van der Waals surface area contributed by atoms with Crippen LogP contribution in [0.5, 0.6) is 5.75 Å². The first-order chi connectivity index (χ1) is 10.6. The number of methoxy groups -OCH3 is 1. The molecule has 0 saturated carbocycles. The molecule has 2 fully saturated rings. The lowest BCUT2D eigenvalue weighted by atomic mass is 10.1. The molecular weight excluding hydrogens is 306 g/mol. The first kappa shape index (κ1) is 14.7. The van der Waals surface area contributed by atoms with Gasteiger partial charge in [0.2, 0.25) is 5.91 Å². The second-order valence-corrected chi connectivity index (χ2v) is 5.97. The second kappa shape index (κ2) is 5.88. The molecule has 1 aromatic carbocycles. The summed E-state index contributed by atoms with van der Waals surface area (Å²) in [6, 6.07) is 6.60. The molecule has 0 spiro atoms. The summed E-state index contributed by atoms with van der Waals surface area (Å²) in [6.45, 7) is 0.738. The molecular formula is C14H15N3O4S. The lowest BCUT2D eigenvalue weighted by Gasteiger charge is -2.42. The number of nitrogens with one attached hydrogen (secondary N) is 1. The van der Waals surface area contributed by atoms with Gasteiger partial charge < -0.3 is 15.0 Å². The van der Waals surface area contributed by atoms with Gasteiger partial charge in [-0.3, -0.25) is 14.5 Å². The zero-order chi connectivity index (χ0) is 15.7. The van der Waals surface area contributed by atoms with E-state index in [4.69, 9.17) is 4.74 Å². The molecule has 4 amide bonds. The highest BCUT2D eigenvalue weighted by molar-refractivity contribution is 8.14. The molecule has 2 saturated heterocycles. The third-order valence-corrected chi connectivity index (χ3v) is 4.46. The molecule has 0 bridgehead atoms. The zero-order valence-corrected chi connectivity index (χ0v) is 12.8. The van der Waals surface area contributed by atoms with E-state index in [1.807, 2.05) is 0 Å². The van der Waals surface area contributed by atoms with Gasteiger partial charge in [0.15, 0.2) is 0 Å². The molecule has 7 nitrogen and oxygen atoms in total. The first-order valence-electron chi connectivity index (χ1n) is 6.77. The van der Waals surface area contributed by atoms with E-state index in [-0.39, 0.29) is 29.0 Å². The molecule has 3 rings (SSSR count). The van der Waals surface area contributed by atoms with Crippen LogP contribution in [0.3, 0.4) is 0 Å². The standard InChI is InChI=1S/C14H15N3O4S/c1-21-11-4-2-3-9(5-11)15-13(19)16-6-10(7-16)17-12(18)8-22-14(17)20/h2-5,10H,6-8H2,1H3,(H,15,19). The maximum absolute atomic E-state index is 12.1. The Morgan fingerprint density at radius 3 is 2.77 bits per heavy atom. The average molecular weight is 321 g/mol. The maximum Gasteiger partial charge on any atom is 0.321 e. The SMILES string of the molecule is COc1cccc(NC(=O)N2CC(N3C(=O)CSC3=O)C2)c1. The molecule has 0 atom stereocenters. The smallest absolute Gasteiger partial charge is 0.321 e. The third-order valence-electron chi connectivity index (χ3n) is 3.62. The van der Waals surface area contributed by atoms with Gasteiger partial charge in [-0.25, -0.2) is 4.79 Å². The summed E-state index contributed by atoms with van der Waals surface area (Å²) in [5.74, 6) is 0.683. The number of thioether (sulfide) groups is 1. The monoisotopic (exact) mass is 321 g/mol. The van der Waals surface area contributed by atoms with Crippen molar-refractivity contribution < 1.29 is 19.1 Å². The minimum atomic E-state index is -0.253. The summed E-state index contributed by atoms with van der Waals surface area (Å²) in [4.78, 5) is 38.1. The molecule has 2 aliphatic heterocycles. The Bertz CT molecular complexity index is 614. The highest BCUT2D eigenvalue weighted by atomic mass is 32.2. The van der Waals surface area contributed by atoms with E-state index in [9.17, 15) is 14.4 Å². The molecule has 8 heteroatoms. The number of benzene rings is 1. The molecule has 1 N–H and O–H groups in total. The summed E-state index contributed by atoms with van der Waals surface area (Å²) < 4.78 is 5.10. The molecule has 0 aliphatic carbocycles. The number of ether oxygens (including phenoxy) is 1. The van der Waals surface area contributed by atoms with Crippen molar-refractivity contribution in [3.05, 3.63) is 24.3 Å². The number of carbonyl (C=O) groups is 3. The van der Waals surface area contributed by atoms with Crippen molar-refractivity contribution in [2.75, 3.05) is 31.3 Å². The predicted molar refractivity (Wildman–Crippen MR) is 82.1 cm³/mol. The van der Waals surface area contributed by atoms with E-state index in [0.29, 0.717) is 24.5 Å². The van der Waals surface area contributed by atoms with E-state index < -0.39 is 0 Å². The second-order valence-electron chi connectivity index (χ2n) is 5.04. The Labute approximate surface area is 131 Å². The van der Waals surface area contributed by atoms with Gasteiger partial charge in [0, 0.05) is 24.8 Å². The maximum atomic E-state index is 12.1. The fraction of sp³-hybridized carbons (Fsp3) is 0.357. The number of imide groups is 1. The Hall–Kier alpha value is -2.22. The summed E-state index contributed by atoms with van der Waals surface area (Å²) >= 11 is 1.01. The van der Waals surface area contributed by atoms with Crippen molar-refractivity contribution in [3.8, 4) is 5.75 Å². The predicted octanol–water partition coefficient (Wildman–Crippen LogP) is 1.61. The highest BCUT2D eigenvalue weighted by Crippen LogP contribution is 2.26. The molecule has 0 radical (unpaired) electrons. The van der Waals surface area contributed by atoms with Crippen molar-refractivity contribution in [1.82, 2.24) is 9.80 Å². The van der Waals surface area contributed by atoms with Gasteiger partial charge in [0.1, 0.15) is 5.75 Å². The van der Waals surface area contributed by atoms with E-state index in [1.54, 1.807) is 36.3 Å². The normalized spacial score (nSPS) is 18.4. The van der Waals surface area contributed by atoms with Crippen LogP contribution in [0.1, 0.15) is 0 Å². The quantitative estimate of drug-likeness (QED) is 0.915. The molecule has 22 heavy (non-hydrogen) atoms. The Morgan fingerprint density at radius 2 is 2.14 bits per heavy atom. The van der Waals surface area contributed by atoms with E-state index in [0.717, 1.165) is 11.8 Å². The van der Waals surface area contributed by atoms with Crippen molar-refractivity contribution in [2.45, 2.75) is 6.04 Å². The van der Waals surface area contributed by atoms with Gasteiger partial charge in [0.05, 0.1) is 18.9 Å². The van der Waals surface area contributed by atoms with Crippen LogP contribution in [0.2, 0.25) is 0 Å². The summed E-state index contributed by atoms with van der Waals surface area (Å²) in [5.41, 5.74) is 0.636. The van der Waals surface area contributed by atoms with Crippen LogP contribution in [-0.2, 0) is 4.79 Å².